The summed E-state index contributed by atoms with van der Waals surface area (Å²) < 4.78 is 32.4. The highest BCUT2D eigenvalue weighted by atomic mass is 32.2. The number of morpholine rings is 1. The van der Waals surface area contributed by atoms with Gasteiger partial charge in [-0.2, -0.15) is 0 Å². The van der Waals surface area contributed by atoms with E-state index >= 15 is 0 Å². The van der Waals surface area contributed by atoms with Gasteiger partial charge in [0, 0.05) is 25.5 Å². The molecule has 2 aliphatic rings. The van der Waals surface area contributed by atoms with Gasteiger partial charge in [-0.1, -0.05) is 18.2 Å². The molecule has 1 saturated heterocycles. The Balaban J connectivity index is 1.69. The van der Waals surface area contributed by atoms with E-state index in [-0.39, 0.29) is 17.7 Å². The quantitative estimate of drug-likeness (QED) is 0.805. The van der Waals surface area contributed by atoms with Crippen LogP contribution in [0.4, 0.5) is 0 Å². The number of rotatable bonds is 2. The molecule has 1 aromatic carbocycles. The van der Waals surface area contributed by atoms with Crippen LogP contribution in [0.5, 0.6) is 0 Å². The van der Waals surface area contributed by atoms with Crippen molar-refractivity contribution in [1.82, 2.24) is 9.47 Å². The van der Waals surface area contributed by atoms with Gasteiger partial charge in [-0.3, -0.25) is 4.79 Å². The van der Waals surface area contributed by atoms with Gasteiger partial charge in [0.05, 0.1) is 35.8 Å². The van der Waals surface area contributed by atoms with Gasteiger partial charge in [-0.15, -0.1) is 0 Å². The topological polar surface area (TPSA) is 68.6 Å². The van der Waals surface area contributed by atoms with Gasteiger partial charge < -0.3 is 14.2 Å². The molecule has 6 nitrogen and oxygen atoms in total. The molecule has 1 amide bonds. The lowest BCUT2D eigenvalue weighted by atomic mass is 9.93. The first kappa shape index (κ1) is 17.3. The number of sulfone groups is 1. The summed E-state index contributed by atoms with van der Waals surface area (Å²) in [4.78, 5) is 15.6. The molecule has 26 heavy (non-hydrogen) atoms. The summed E-state index contributed by atoms with van der Waals surface area (Å²) in [5.74, 6) is -0.419. The predicted octanol–water partition coefficient (Wildman–Crippen LogP) is 1.89. The average molecular weight is 374 g/mol. The van der Waals surface area contributed by atoms with Gasteiger partial charge in [-0.25, -0.2) is 8.42 Å². The standard InChI is InChI=1S/C19H22N2O4S/c1-20-9-4-6-16(20)17-13-25-11-10-21(17)19(22)15-8-12-26(23,24)18-7-3-2-5-14(15)18/h2-7,9,15,17H,8,10-13H2,1H3. The number of benzene rings is 1. The molecule has 1 aromatic heterocycles. The zero-order valence-corrected chi connectivity index (χ0v) is 15.5. The minimum atomic E-state index is -3.30. The number of carbonyl (C=O) groups excluding carboxylic acids is 1. The predicted molar refractivity (Wildman–Crippen MR) is 96.5 cm³/mol. The molecular formula is C19H22N2O4S. The molecule has 0 bridgehead atoms. The molecular weight excluding hydrogens is 352 g/mol. The molecule has 0 radical (unpaired) electrons. The zero-order chi connectivity index (χ0) is 18.3. The highest BCUT2D eigenvalue weighted by Crippen LogP contribution is 2.37. The largest absolute Gasteiger partial charge is 0.377 e. The number of hydrogen-bond acceptors (Lipinski definition) is 4. The molecule has 2 aliphatic heterocycles. The highest BCUT2D eigenvalue weighted by molar-refractivity contribution is 7.91. The number of carbonyl (C=O) groups is 1. The summed E-state index contributed by atoms with van der Waals surface area (Å²) in [5.41, 5.74) is 1.65. The minimum Gasteiger partial charge on any atom is -0.377 e. The maximum absolute atomic E-state index is 13.4. The Morgan fingerprint density at radius 3 is 2.77 bits per heavy atom. The van der Waals surface area contributed by atoms with Crippen molar-refractivity contribution in [1.29, 1.82) is 0 Å². The third kappa shape index (κ3) is 2.85. The Labute approximate surface area is 153 Å². The molecule has 1 fully saturated rings. The van der Waals surface area contributed by atoms with Crippen LogP contribution in [0.15, 0.2) is 47.5 Å². The van der Waals surface area contributed by atoms with Crippen LogP contribution < -0.4 is 0 Å². The molecule has 0 N–H and O–H groups in total. The summed E-state index contributed by atoms with van der Waals surface area (Å²) in [7, 11) is -1.35. The van der Waals surface area contributed by atoms with Crippen LogP contribution in [0.3, 0.4) is 0 Å². The van der Waals surface area contributed by atoms with Crippen molar-refractivity contribution in [3.05, 3.63) is 53.9 Å². The zero-order valence-electron chi connectivity index (χ0n) is 14.7. The Kier molecular flexibility index (Phi) is 4.36. The summed E-state index contributed by atoms with van der Waals surface area (Å²) in [6.07, 6.45) is 2.28. The van der Waals surface area contributed by atoms with Crippen molar-refractivity contribution in [2.75, 3.05) is 25.5 Å². The molecule has 7 heteroatoms. The van der Waals surface area contributed by atoms with Gasteiger partial charge in [-0.05, 0) is 30.2 Å². The van der Waals surface area contributed by atoms with E-state index in [0.717, 1.165) is 5.69 Å². The van der Waals surface area contributed by atoms with Gasteiger partial charge in [0.25, 0.3) is 0 Å². The Hall–Kier alpha value is -2.12. The molecule has 2 unspecified atom stereocenters. The van der Waals surface area contributed by atoms with Crippen LogP contribution in [0.2, 0.25) is 0 Å². The van der Waals surface area contributed by atoms with Crippen molar-refractivity contribution in [2.45, 2.75) is 23.3 Å². The van der Waals surface area contributed by atoms with Crippen molar-refractivity contribution in [2.24, 2.45) is 7.05 Å². The van der Waals surface area contributed by atoms with E-state index in [1.165, 1.54) is 0 Å². The third-order valence-corrected chi connectivity index (χ3v) is 7.15. The lowest BCUT2D eigenvalue weighted by Gasteiger charge is -2.39. The van der Waals surface area contributed by atoms with Crippen LogP contribution >= 0.6 is 0 Å². The lowest BCUT2D eigenvalue weighted by molar-refractivity contribution is -0.142. The average Bonchev–Trinajstić information content (AvgIpc) is 3.07. The number of nitrogens with zero attached hydrogens (tertiary/aromatic N) is 2. The van der Waals surface area contributed by atoms with Crippen molar-refractivity contribution < 1.29 is 17.9 Å². The number of hydrogen-bond donors (Lipinski definition) is 0. The summed E-state index contributed by atoms with van der Waals surface area (Å²) in [6.45, 7) is 1.47. The number of aromatic nitrogens is 1. The molecule has 0 saturated carbocycles. The fraction of sp³-hybridized carbons (Fsp3) is 0.421. The smallest absolute Gasteiger partial charge is 0.230 e. The summed E-state index contributed by atoms with van der Waals surface area (Å²) in [6, 6.07) is 10.7. The Morgan fingerprint density at radius 2 is 2.00 bits per heavy atom. The molecule has 2 atom stereocenters. The van der Waals surface area contributed by atoms with Gasteiger partial charge in [0.2, 0.25) is 5.91 Å². The summed E-state index contributed by atoms with van der Waals surface area (Å²) >= 11 is 0. The van der Waals surface area contributed by atoms with Crippen LogP contribution in [0.1, 0.15) is 29.6 Å². The van der Waals surface area contributed by atoms with Crippen LogP contribution in [-0.4, -0.2) is 49.3 Å². The molecule has 138 valence electrons. The maximum atomic E-state index is 13.4. The maximum Gasteiger partial charge on any atom is 0.230 e. The number of ether oxygens (including phenoxy) is 1. The summed E-state index contributed by atoms with van der Waals surface area (Å²) in [5, 5.41) is 0. The lowest BCUT2D eigenvalue weighted by Crippen LogP contribution is -2.46. The van der Waals surface area contributed by atoms with E-state index in [4.69, 9.17) is 4.74 Å². The van der Waals surface area contributed by atoms with Crippen molar-refractivity contribution in [3.63, 3.8) is 0 Å². The van der Waals surface area contributed by atoms with E-state index in [2.05, 4.69) is 0 Å². The van der Waals surface area contributed by atoms with E-state index in [9.17, 15) is 13.2 Å². The normalized spacial score (nSPS) is 24.9. The fourth-order valence-electron chi connectivity index (χ4n) is 3.98. The molecule has 2 aromatic rings. The second kappa shape index (κ2) is 6.55. The third-order valence-electron chi connectivity index (χ3n) is 5.34. The fourth-order valence-corrected chi connectivity index (χ4v) is 5.60. The number of amides is 1. The first-order chi connectivity index (χ1) is 12.5. The Bertz CT molecular complexity index is 935. The van der Waals surface area contributed by atoms with E-state index in [1.54, 1.807) is 24.3 Å². The van der Waals surface area contributed by atoms with Gasteiger partial charge >= 0.3 is 0 Å². The van der Waals surface area contributed by atoms with E-state index in [1.807, 2.05) is 34.8 Å². The number of fused-ring (bicyclic) bond motifs is 1. The molecule has 0 spiro atoms. The van der Waals surface area contributed by atoms with Crippen molar-refractivity contribution >= 4 is 15.7 Å². The second-order valence-electron chi connectivity index (χ2n) is 6.86. The minimum absolute atomic E-state index is 0.0122. The first-order valence-corrected chi connectivity index (χ1v) is 10.5. The van der Waals surface area contributed by atoms with Gasteiger partial charge in [0.15, 0.2) is 9.84 Å². The van der Waals surface area contributed by atoms with Crippen molar-refractivity contribution in [3.8, 4) is 0 Å². The number of aryl methyl sites for hydroxylation is 1. The monoisotopic (exact) mass is 374 g/mol. The van der Waals surface area contributed by atoms with Gasteiger partial charge in [0.1, 0.15) is 0 Å². The molecule has 3 heterocycles. The van der Waals surface area contributed by atoms with E-state index in [0.29, 0.717) is 36.6 Å². The highest BCUT2D eigenvalue weighted by Gasteiger charge is 2.39. The van der Waals surface area contributed by atoms with Crippen LogP contribution in [0, 0.1) is 0 Å². The second-order valence-corrected chi connectivity index (χ2v) is 8.94. The molecule has 0 aliphatic carbocycles. The van der Waals surface area contributed by atoms with E-state index < -0.39 is 15.8 Å². The molecule has 4 rings (SSSR count). The Morgan fingerprint density at radius 1 is 1.19 bits per heavy atom. The first-order valence-electron chi connectivity index (χ1n) is 8.80. The van der Waals surface area contributed by atoms with Crippen LogP contribution in [-0.2, 0) is 26.4 Å². The SMILES string of the molecule is Cn1cccc1C1COCCN1C(=O)C1CCS(=O)(=O)c2ccccc21. The van der Waals surface area contributed by atoms with Crippen LogP contribution in [0.25, 0.3) is 0 Å².